The molecule has 0 spiro atoms. The van der Waals surface area contributed by atoms with Gasteiger partial charge in [-0.25, -0.2) is 14.8 Å². The van der Waals surface area contributed by atoms with Crippen LogP contribution in [0.25, 0.3) is 0 Å². The fraction of sp³-hybridized carbons (Fsp3) is 0.323. The lowest BCUT2D eigenvalue weighted by atomic mass is 9.96. The summed E-state index contributed by atoms with van der Waals surface area (Å²) >= 11 is 0. The molecule has 2 fully saturated rings. The predicted octanol–water partition coefficient (Wildman–Crippen LogP) is 3.44. The van der Waals surface area contributed by atoms with Gasteiger partial charge < -0.3 is 19.9 Å². The molecule has 9 nitrogen and oxygen atoms in total. The smallest absolute Gasteiger partial charge is 0.334 e. The Kier molecular flexibility index (Phi) is 8.02. The minimum Gasteiger partial charge on any atom is -0.497 e. The van der Waals surface area contributed by atoms with E-state index in [-0.39, 0.29) is 37.0 Å². The van der Waals surface area contributed by atoms with Crippen molar-refractivity contribution in [2.24, 2.45) is 0 Å². The zero-order valence-corrected chi connectivity index (χ0v) is 23.1. The van der Waals surface area contributed by atoms with Gasteiger partial charge in [0.2, 0.25) is 11.8 Å². The monoisotopic (exact) mass is 541 g/mol. The molecule has 3 atom stereocenters. The summed E-state index contributed by atoms with van der Waals surface area (Å²) < 4.78 is 5.22. The highest BCUT2D eigenvalue weighted by Gasteiger charge is 2.51. The first-order valence-electron chi connectivity index (χ1n) is 13.5. The van der Waals surface area contributed by atoms with Gasteiger partial charge in [0.25, 0.3) is 0 Å². The molecular weight excluding hydrogens is 506 g/mol. The zero-order chi connectivity index (χ0) is 28.2. The van der Waals surface area contributed by atoms with Gasteiger partial charge in [-0.2, -0.15) is 0 Å². The summed E-state index contributed by atoms with van der Waals surface area (Å²) in [7, 11) is 3.34. The number of carbonyl (C=O) groups is 3. The second kappa shape index (κ2) is 11.8. The Bertz CT molecular complexity index is 1330. The molecule has 40 heavy (non-hydrogen) atoms. The van der Waals surface area contributed by atoms with Gasteiger partial charge in [-0.3, -0.25) is 9.59 Å². The molecule has 3 aromatic rings. The molecule has 4 amide bonds. The third-order valence-electron chi connectivity index (χ3n) is 7.72. The van der Waals surface area contributed by atoms with Crippen LogP contribution in [0.15, 0.2) is 84.9 Å². The molecule has 5 rings (SSSR count). The predicted molar refractivity (Wildman–Crippen MR) is 151 cm³/mol. The number of ether oxygens (including phenoxy) is 1. The minimum atomic E-state index is -0.731. The third-order valence-corrected chi connectivity index (χ3v) is 7.72. The number of likely N-dealkylation sites (N-methyl/N-ethyl adjacent to an activating group) is 1. The Hall–Kier alpha value is -4.37. The summed E-state index contributed by atoms with van der Waals surface area (Å²) in [4.78, 5) is 44.6. The first kappa shape index (κ1) is 27.2. The molecule has 0 aromatic heterocycles. The van der Waals surface area contributed by atoms with E-state index in [1.165, 1.54) is 0 Å². The molecular formula is C31H35N5O4. The molecule has 2 heterocycles. The van der Waals surface area contributed by atoms with Crippen LogP contribution in [0.5, 0.6) is 5.75 Å². The molecule has 2 aliphatic rings. The molecule has 3 aromatic carbocycles. The number of hydrogen-bond acceptors (Lipinski definition) is 5. The number of methoxy groups -OCH3 is 1. The van der Waals surface area contributed by atoms with Crippen LogP contribution in [0.2, 0.25) is 0 Å². The van der Waals surface area contributed by atoms with Crippen molar-refractivity contribution < 1.29 is 19.1 Å². The topological polar surface area (TPSA) is 85.4 Å². The summed E-state index contributed by atoms with van der Waals surface area (Å²) in [5.74, 6) is 0.449. The molecule has 3 unspecified atom stereocenters. The molecule has 0 saturated carbocycles. The van der Waals surface area contributed by atoms with Crippen LogP contribution >= 0.6 is 0 Å². The second-order valence-corrected chi connectivity index (χ2v) is 10.2. The number of urea groups is 1. The Balaban J connectivity index is 1.45. The fourth-order valence-electron chi connectivity index (χ4n) is 5.56. The van der Waals surface area contributed by atoms with Gasteiger partial charge in [-0.05, 0) is 35.7 Å². The summed E-state index contributed by atoms with van der Waals surface area (Å²) in [5, 5.41) is 6.23. The van der Waals surface area contributed by atoms with Crippen molar-refractivity contribution in [2.45, 2.75) is 38.1 Å². The van der Waals surface area contributed by atoms with E-state index < -0.39 is 12.2 Å². The number of benzene rings is 3. The maximum atomic E-state index is 14.1. The molecule has 2 aliphatic heterocycles. The average Bonchev–Trinajstić information content (AvgIpc) is 2.98. The van der Waals surface area contributed by atoms with Crippen LogP contribution in [-0.4, -0.2) is 77.1 Å². The first-order valence-corrected chi connectivity index (χ1v) is 13.5. The van der Waals surface area contributed by atoms with Gasteiger partial charge in [0.05, 0.1) is 26.2 Å². The van der Waals surface area contributed by atoms with Crippen molar-refractivity contribution in [2.75, 3.05) is 27.2 Å². The van der Waals surface area contributed by atoms with E-state index >= 15 is 0 Å². The highest BCUT2D eigenvalue weighted by molar-refractivity contribution is 5.92. The number of hydrogen-bond donors (Lipinski definition) is 1. The number of amides is 4. The lowest BCUT2D eigenvalue weighted by Crippen LogP contribution is -2.76. The Labute approximate surface area is 234 Å². The minimum absolute atomic E-state index is 0.000730. The van der Waals surface area contributed by atoms with Crippen LogP contribution < -0.4 is 10.1 Å². The molecule has 0 radical (unpaired) electrons. The number of piperazine rings is 1. The lowest BCUT2D eigenvalue weighted by molar-refractivity contribution is -0.189. The van der Waals surface area contributed by atoms with E-state index in [9.17, 15) is 14.4 Å². The van der Waals surface area contributed by atoms with Crippen LogP contribution in [0.1, 0.15) is 29.7 Å². The number of rotatable bonds is 7. The molecule has 2 saturated heterocycles. The van der Waals surface area contributed by atoms with Crippen molar-refractivity contribution in [3.8, 4) is 5.75 Å². The van der Waals surface area contributed by atoms with Gasteiger partial charge in [-0.1, -0.05) is 72.8 Å². The lowest BCUT2D eigenvalue weighted by Gasteiger charge is -2.55. The summed E-state index contributed by atoms with van der Waals surface area (Å²) in [6.45, 7) is 2.50. The van der Waals surface area contributed by atoms with Gasteiger partial charge >= 0.3 is 6.03 Å². The maximum Gasteiger partial charge on any atom is 0.334 e. The second-order valence-electron chi connectivity index (χ2n) is 10.2. The van der Waals surface area contributed by atoms with Crippen molar-refractivity contribution in [1.82, 2.24) is 25.1 Å². The van der Waals surface area contributed by atoms with Crippen molar-refractivity contribution >= 4 is 17.8 Å². The van der Waals surface area contributed by atoms with Crippen LogP contribution in [0, 0.1) is 0 Å². The van der Waals surface area contributed by atoms with E-state index in [1.807, 2.05) is 91.9 Å². The van der Waals surface area contributed by atoms with Gasteiger partial charge in [0.15, 0.2) is 0 Å². The number of hydrazine groups is 1. The Morgan fingerprint density at radius 3 is 2.25 bits per heavy atom. The highest BCUT2D eigenvalue weighted by Crippen LogP contribution is 2.32. The SMILES string of the molecule is COc1ccc(CNC(=O)N2C3CN(C(C)c4ccccc4)C(=O)C(Cc4ccccc4)N3C(=O)CN2C)cc1. The summed E-state index contributed by atoms with van der Waals surface area (Å²) in [5.41, 5.74) is 2.87. The highest BCUT2D eigenvalue weighted by atomic mass is 16.5. The largest absolute Gasteiger partial charge is 0.497 e. The van der Waals surface area contributed by atoms with E-state index in [0.717, 1.165) is 22.4 Å². The average molecular weight is 542 g/mol. The number of nitrogens with zero attached hydrogens (tertiary/aromatic N) is 4. The molecule has 9 heteroatoms. The van der Waals surface area contributed by atoms with Crippen molar-refractivity contribution in [3.63, 3.8) is 0 Å². The van der Waals surface area contributed by atoms with Gasteiger partial charge in [0, 0.05) is 20.0 Å². The molecule has 1 N–H and O–H groups in total. The van der Waals surface area contributed by atoms with Crippen molar-refractivity contribution in [3.05, 3.63) is 102 Å². The third kappa shape index (κ3) is 5.51. The number of carbonyl (C=O) groups excluding carboxylic acids is 3. The first-order chi connectivity index (χ1) is 19.4. The molecule has 0 aliphatic carbocycles. The van der Waals surface area contributed by atoms with Crippen LogP contribution in [0.4, 0.5) is 4.79 Å². The number of fused-ring (bicyclic) bond motifs is 1. The fourth-order valence-corrected chi connectivity index (χ4v) is 5.56. The molecule has 0 bridgehead atoms. The van der Waals surface area contributed by atoms with E-state index in [2.05, 4.69) is 5.32 Å². The summed E-state index contributed by atoms with van der Waals surface area (Å²) in [6.07, 6.45) is -0.287. The van der Waals surface area contributed by atoms with Gasteiger partial charge in [0.1, 0.15) is 18.0 Å². The maximum absolute atomic E-state index is 14.1. The Morgan fingerprint density at radius 1 is 0.950 bits per heavy atom. The standard InChI is InChI=1S/C31H35N5O4/c1-22(25-12-8-5-9-13-25)34-20-28-35(27(30(34)38)18-23-10-6-4-7-11-23)29(37)21-33(2)36(28)31(39)32-19-24-14-16-26(40-3)17-15-24/h4-17,22,27-28H,18-21H2,1-3H3,(H,32,39). The van der Waals surface area contributed by atoms with E-state index in [1.54, 1.807) is 34.0 Å². The quantitative estimate of drug-likeness (QED) is 0.496. The summed E-state index contributed by atoms with van der Waals surface area (Å²) in [6, 6.07) is 25.7. The van der Waals surface area contributed by atoms with Gasteiger partial charge in [-0.15, -0.1) is 0 Å². The molecule has 208 valence electrons. The van der Waals surface area contributed by atoms with Crippen molar-refractivity contribution in [1.29, 1.82) is 0 Å². The Morgan fingerprint density at radius 2 is 1.60 bits per heavy atom. The zero-order valence-electron chi connectivity index (χ0n) is 23.1. The normalized spacial score (nSPS) is 20.2. The van der Waals surface area contributed by atoms with E-state index in [4.69, 9.17) is 4.74 Å². The van der Waals surface area contributed by atoms with E-state index in [0.29, 0.717) is 13.0 Å². The number of nitrogens with one attached hydrogen (secondary N) is 1. The van der Waals surface area contributed by atoms with Crippen LogP contribution in [0.3, 0.4) is 0 Å². The van der Waals surface area contributed by atoms with Crippen LogP contribution in [-0.2, 0) is 22.6 Å².